The van der Waals surface area contributed by atoms with Crippen molar-refractivity contribution < 1.29 is 4.79 Å². The molecular formula is C23H20O. The average Bonchev–Trinajstić information content (AvgIpc) is 2.83. The van der Waals surface area contributed by atoms with Gasteiger partial charge in [0.2, 0.25) is 0 Å². The Morgan fingerprint density at radius 1 is 0.792 bits per heavy atom. The zero-order valence-electron chi connectivity index (χ0n) is 14.3. The summed E-state index contributed by atoms with van der Waals surface area (Å²) in [6.45, 7) is 6.46. The highest BCUT2D eigenvalue weighted by molar-refractivity contribution is 6.10. The molecule has 1 nitrogen and oxygen atoms in total. The van der Waals surface area contributed by atoms with Crippen molar-refractivity contribution in [1.82, 2.24) is 0 Å². The average molecular weight is 312 g/mol. The minimum atomic E-state index is -0.0754. The predicted molar refractivity (Wildman–Crippen MR) is 98.6 cm³/mol. The third-order valence-corrected chi connectivity index (χ3v) is 5.24. The van der Waals surface area contributed by atoms with Gasteiger partial charge in [0, 0.05) is 16.5 Å². The highest BCUT2D eigenvalue weighted by Crippen LogP contribution is 2.48. The van der Waals surface area contributed by atoms with Gasteiger partial charge in [-0.3, -0.25) is 4.79 Å². The first-order chi connectivity index (χ1) is 11.5. The van der Waals surface area contributed by atoms with E-state index in [2.05, 4.69) is 50.2 Å². The van der Waals surface area contributed by atoms with Crippen molar-refractivity contribution in [2.45, 2.75) is 26.2 Å². The van der Waals surface area contributed by atoms with Crippen LogP contribution in [-0.2, 0) is 5.41 Å². The summed E-state index contributed by atoms with van der Waals surface area (Å²) in [5.41, 5.74) is 7.60. The molecule has 118 valence electrons. The molecule has 0 saturated carbocycles. The number of fused-ring (bicyclic) bond motifs is 3. The van der Waals surface area contributed by atoms with Crippen molar-refractivity contribution in [1.29, 1.82) is 0 Å². The number of hydrogen-bond acceptors (Lipinski definition) is 1. The minimum Gasteiger partial charge on any atom is -0.289 e. The third-order valence-electron chi connectivity index (χ3n) is 5.24. The molecule has 0 unspecified atom stereocenters. The van der Waals surface area contributed by atoms with Crippen LogP contribution in [0.3, 0.4) is 0 Å². The van der Waals surface area contributed by atoms with Gasteiger partial charge in [0.15, 0.2) is 5.78 Å². The van der Waals surface area contributed by atoms with Crippen LogP contribution in [0.25, 0.3) is 11.1 Å². The van der Waals surface area contributed by atoms with Crippen molar-refractivity contribution in [3.05, 3.63) is 94.5 Å². The number of ketones is 1. The van der Waals surface area contributed by atoms with Crippen LogP contribution in [0, 0.1) is 6.92 Å². The van der Waals surface area contributed by atoms with Crippen molar-refractivity contribution >= 4 is 5.78 Å². The highest BCUT2D eigenvalue weighted by atomic mass is 16.1. The van der Waals surface area contributed by atoms with E-state index in [1.165, 1.54) is 22.3 Å². The van der Waals surface area contributed by atoms with Crippen molar-refractivity contribution in [3.8, 4) is 11.1 Å². The van der Waals surface area contributed by atoms with E-state index in [1.807, 2.05) is 37.3 Å². The summed E-state index contributed by atoms with van der Waals surface area (Å²) in [7, 11) is 0. The number of carbonyl (C=O) groups is 1. The van der Waals surface area contributed by atoms with Gasteiger partial charge in [0.1, 0.15) is 0 Å². The van der Waals surface area contributed by atoms with Crippen LogP contribution >= 0.6 is 0 Å². The lowest BCUT2D eigenvalue weighted by Gasteiger charge is -2.21. The Hall–Kier alpha value is -2.67. The van der Waals surface area contributed by atoms with Crippen LogP contribution in [0.5, 0.6) is 0 Å². The molecule has 0 fully saturated rings. The van der Waals surface area contributed by atoms with Crippen LogP contribution in [-0.4, -0.2) is 5.78 Å². The third kappa shape index (κ3) is 2.05. The fourth-order valence-electron chi connectivity index (χ4n) is 3.83. The first kappa shape index (κ1) is 14.9. The van der Waals surface area contributed by atoms with Gasteiger partial charge in [0.25, 0.3) is 0 Å². The molecule has 0 saturated heterocycles. The van der Waals surface area contributed by atoms with Gasteiger partial charge in [-0.05, 0) is 40.8 Å². The van der Waals surface area contributed by atoms with E-state index in [0.717, 1.165) is 16.7 Å². The van der Waals surface area contributed by atoms with Gasteiger partial charge < -0.3 is 0 Å². The molecule has 0 heterocycles. The maximum absolute atomic E-state index is 13.0. The van der Waals surface area contributed by atoms with Gasteiger partial charge in [0.05, 0.1) is 0 Å². The molecule has 0 atom stereocenters. The molecule has 0 bridgehead atoms. The molecule has 0 spiro atoms. The summed E-state index contributed by atoms with van der Waals surface area (Å²) in [6.07, 6.45) is 0. The van der Waals surface area contributed by atoms with E-state index in [9.17, 15) is 4.79 Å². The Morgan fingerprint density at radius 3 is 2.25 bits per heavy atom. The van der Waals surface area contributed by atoms with Crippen molar-refractivity contribution in [2.75, 3.05) is 0 Å². The lowest BCUT2D eigenvalue weighted by molar-refractivity contribution is 0.103. The predicted octanol–water partition coefficient (Wildman–Crippen LogP) is 5.53. The maximum Gasteiger partial charge on any atom is 0.193 e. The van der Waals surface area contributed by atoms with Crippen LogP contribution in [0.4, 0.5) is 0 Å². The number of benzene rings is 3. The summed E-state index contributed by atoms with van der Waals surface area (Å²) < 4.78 is 0. The molecule has 1 aliphatic carbocycles. The second kappa shape index (κ2) is 5.17. The molecule has 3 aromatic rings. The Morgan fingerprint density at radius 2 is 1.46 bits per heavy atom. The summed E-state index contributed by atoms with van der Waals surface area (Å²) >= 11 is 0. The number of rotatable bonds is 2. The van der Waals surface area contributed by atoms with E-state index >= 15 is 0 Å². The normalized spacial score (nSPS) is 14.1. The van der Waals surface area contributed by atoms with Crippen molar-refractivity contribution in [3.63, 3.8) is 0 Å². The fourth-order valence-corrected chi connectivity index (χ4v) is 3.83. The van der Waals surface area contributed by atoms with Crippen LogP contribution in [0.2, 0.25) is 0 Å². The smallest absolute Gasteiger partial charge is 0.193 e. The van der Waals surface area contributed by atoms with Crippen LogP contribution in [0.1, 0.15) is 46.5 Å². The SMILES string of the molecule is Cc1ccccc1C(=O)c1ccc2c(c1)C(C)(C)c1ccccc1-2. The lowest BCUT2D eigenvalue weighted by Crippen LogP contribution is -2.16. The van der Waals surface area contributed by atoms with Gasteiger partial charge >= 0.3 is 0 Å². The molecule has 0 aliphatic heterocycles. The van der Waals surface area contributed by atoms with E-state index in [1.54, 1.807) is 0 Å². The molecular weight excluding hydrogens is 292 g/mol. The molecule has 0 radical (unpaired) electrons. The number of carbonyl (C=O) groups excluding carboxylic acids is 1. The summed E-state index contributed by atoms with van der Waals surface area (Å²) in [5, 5.41) is 0. The Balaban J connectivity index is 1.85. The topological polar surface area (TPSA) is 17.1 Å². The standard InChI is InChI=1S/C23H20O/c1-15-8-4-5-9-17(15)22(24)16-12-13-19-18-10-6-7-11-20(18)23(2,3)21(19)14-16/h4-14H,1-3H3. The largest absolute Gasteiger partial charge is 0.289 e. The molecule has 0 N–H and O–H groups in total. The molecule has 1 heteroatoms. The Labute approximate surface area is 143 Å². The summed E-state index contributed by atoms with van der Waals surface area (Å²) in [6, 6.07) is 22.5. The summed E-state index contributed by atoms with van der Waals surface area (Å²) in [5.74, 6) is 0.0997. The van der Waals surface area contributed by atoms with E-state index in [0.29, 0.717) is 0 Å². The number of aryl methyl sites for hydroxylation is 1. The Bertz CT molecular complexity index is 963. The quantitative estimate of drug-likeness (QED) is 0.568. The Kier molecular flexibility index (Phi) is 3.21. The molecule has 24 heavy (non-hydrogen) atoms. The monoisotopic (exact) mass is 312 g/mol. The summed E-state index contributed by atoms with van der Waals surface area (Å²) in [4.78, 5) is 13.0. The molecule has 4 rings (SSSR count). The van der Waals surface area contributed by atoms with E-state index < -0.39 is 0 Å². The van der Waals surface area contributed by atoms with Crippen LogP contribution < -0.4 is 0 Å². The van der Waals surface area contributed by atoms with Crippen molar-refractivity contribution in [2.24, 2.45) is 0 Å². The maximum atomic E-state index is 13.0. The second-order valence-electron chi connectivity index (χ2n) is 7.07. The highest BCUT2D eigenvalue weighted by Gasteiger charge is 2.35. The zero-order valence-corrected chi connectivity index (χ0v) is 14.3. The molecule has 0 amide bonds. The lowest BCUT2D eigenvalue weighted by atomic mass is 9.81. The van der Waals surface area contributed by atoms with Gasteiger partial charge in [-0.15, -0.1) is 0 Å². The minimum absolute atomic E-state index is 0.0754. The molecule has 1 aliphatic rings. The first-order valence-electron chi connectivity index (χ1n) is 8.35. The van der Waals surface area contributed by atoms with E-state index in [-0.39, 0.29) is 11.2 Å². The second-order valence-corrected chi connectivity index (χ2v) is 7.07. The van der Waals surface area contributed by atoms with Gasteiger partial charge in [-0.2, -0.15) is 0 Å². The number of hydrogen-bond donors (Lipinski definition) is 0. The zero-order chi connectivity index (χ0) is 16.9. The van der Waals surface area contributed by atoms with Gasteiger partial charge in [-0.1, -0.05) is 74.5 Å². The van der Waals surface area contributed by atoms with Crippen LogP contribution in [0.15, 0.2) is 66.7 Å². The fraction of sp³-hybridized carbons (Fsp3) is 0.174. The first-order valence-corrected chi connectivity index (χ1v) is 8.35. The van der Waals surface area contributed by atoms with E-state index in [4.69, 9.17) is 0 Å². The van der Waals surface area contributed by atoms with Gasteiger partial charge in [-0.25, -0.2) is 0 Å². The molecule has 3 aromatic carbocycles. The molecule has 0 aromatic heterocycles.